The van der Waals surface area contributed by atoms with Crippen LogP contribution in [0.3, 0.4) is 0 Å². The SMILES string of the molecule is COc1ccc(OC)c(-c2noc(C)c2C(=O)O)c1. The zero-order chi connectivity index (χ0) is 14.0. The number of hydrogen-bond donors (Lipinski definition) is 1. The first kappa shape index (κ1) is 12.9. The number of ether oxygens (including phenoxy) is 2. The van der Waals surface area contributed by atoms with Crippen LogP contribution in [0.25, 0.3) is 11.3 Å². The van der Waals surface area contributed by atoms with Gasteiger partial charge in [0.2, 0.25) is 0 Å². The highest BCUT2D eigenvalue weighted by atomic mass is 16.5. The zero-order valence-corrected chi connectivity index (χ0v) is 10.8. The molecule has 0 atom stereocenters. The van der Waals surface area contributed by atoms with Crippen LogP contribution in [0.4, 0.5) is 0 Å². The van der Waals surface area contributed by atoms with Gasteiger partial charge in [0.15, 0.2) is 0 Å². The number of aromatic carboxylic acids is 1. The Morgan fingerprint density at radius 3 is 2.63 bits per heavy atom. The molecule has 0 unspecified atom stereocenters. The van der Waals surface area contributed by atoms with Crippen molar-refractivity contribution in [2.75, 3.05) is 14.2 Å². The molecule has 0 radical (unpaired) electrons. The van der Waals surface area contributed by atoms with Crippen molar-refractivity contribution in [1.29, 1.82) is 0 Å². The van der Waals surface area contributed by atoms with E-state index in [4.69, 9.17) is 14.0 Å². The van der Waals surface area contributed by atoms with Crippen molar-refractivity contribution in [1.82, 2.24) is 5.16 Å². The number of aryl methyl sites for hydroxylation is 1. The summed E-state index contributed by atoms with van der Waals surface area (Å²) < 4.78 is 15.3. The topological polar surface area (TPSA) is 81.8 Å². The molecule has 0 aliphatic rings. The Kier molecular flexibility index (Phi) is 3.41. The van der Waals surface area contributed by atoms with E-state index in [-0.39, 0.29) is 17.0 Å². The summed E-state index contributed by atoms with van der Waals surface area (Å²) in [6.07, 6.45) is 0. The Bertz CT molecular complexity index is 617. The summed E-state index contributed by atoms with van der Waals surface area (Å²) in [4.78, 5) is 11.3. The van der Waals surface area contributed by atoms with E-state index in [1.165, 1.54) is 14.2 Å². The first-order valence-electron chi connectivity index (χ1n) is 5.50. The average molecular weight is 263 g/mol. The number of aromatic nitrogens is 1. The van der Waals surface area contributed by atoms with Crippen LogP contribution in [-0.4, -0.2) is 30.5 Å². The lowest BCUT2D eigenvalue weighted by molar-refractivity contribution is 0.0696. The Labute approximate surface area is 109 Å². The lowest BCUT2D eigenvalue weighted by Crippen LogP contribution is -2.00. The zero-order valence-electron chi connectivity index (χ0n) is 10.8. The molecule has 0 aliphatic carbocycles. The Hall–Kier alpha value is -2.50. The molecule has 19 heavy (non-hydrogen) atoms. The van der Waals surface area contributed by atoms with E-state index in [0.717, 1.165) is 0 Å². The maximum atomic E-state index is 11.3. The quantitative estimate of drug-likeness (QED) is 0.911. The lowest BCUT2D eigenvalue weighted by atomic mass is 10.0. The van der Waals surface area contributed by atoms with Crippen LogP contribution in [0.15, 0.2) is 22.7 Å². The molecule has 6 nitrogen and oxygen atoms in total. The van der Waals surface area contributed by atoms with Gasteiger partial charge in [-0.3, -0.25) is 0 Å². The minimum Gasteiger partial charge on any atom is -0.497 e. The number of rotatable bonds is 4. The van der Waals surface area contributed by atoms with Crippen molar-refractivity contribution in [3.05, 3.63) is 29.5 Å². The molecular formula is C13H13NO5. The second-order valence-electron chi connectivity index (χ2n) is 3.83. The Morgan fingerprint density at radius 2 is 2.05 bits per heavy atom. The number of carbonyl (C=O) groups is 1. The normalized spacial score (nSPS) is 10.3. The van der Waals surface area contributed by atoms with Crippen LogP contribution in [0.1, 0.15) is 16.1 Å². The van der Waals surface area contributed by atoms with E-state index in [2.05, 4.69) is 5.16 Å². The summed E-state index contributed by atoms with van der Waals surface area (Å²) in [6.45, 7) is 1.55. The van der Waals surface area contributed by atoms with Crippen molar-refractivity contribution in [3.8, 4) is 22.8 Å². The number of carboxylic acids is 1. The van der Waals surface area contributed by atoms with Gasteiger partial charge in [0.1, 0.15) is 28.5 Å². The van der Waals surface area contributed by atoms with Gasteiger partial charge < -0.3 is 19.1 Å². The van der Waals surface area contributed by atoms with Crippen LogP contribution in [0.2, 0.25) is 0 Å². The van der Waals surface area contributed by atoms with Gasteiger partial charge in [-0.05, 0) is 25.1 Å². The number of methoxy groups -OCH3 is 2. The van der Waals surface area contributed by atoms with Gasteiger partial charge in [0.05, 0.1) is 19.8 Å². The number of nitrogens with zero attached hydrogens (tertiary/aromatic N) is 1. The summed E-state index contributed by atoms with van der Waals surface area (Å²) in [7, 11) is 3.02. The van der Waals surface area contributed by atoms with Crippen LogP contribution in [0, 0.1) is 6.92 Å². The van der Waals surface area contributed by atoms with Crippen molar-refractivity contribution in [2.45, 2.75) is 6.92 Å². The van der Waals surface area contributed by atoms with Crippen LogP contribution >= 0.6 is 0 Å². The molecule has 0 aliphatic heterocycles. The fraction of sp³-hybridized carbons (Fsp3) is 0.231. The van der Waals surface area contributed by atoms with E-state index < -0.39 is 5.97 Å². The molecular weight excluding hydrogens is 250 g/mol. The molecule has 0 amide bonds. The molecule has 0 spiro atoms. The minimum absolute atomic E-state index is 0.0200. The third-order valence-electron chi connectivity index (χ3n) is 2.74. The maximum Gasteiger partial charge on any atom is 0.341 e. The van der Waals surface area contributed by atoms with Gasteiger partial charge in [-0.1, -0.05) is 5.16 Å². The van der Waals surface area contributed by atoms with Gasteiger partial charge in [-0.2, -0.15) is 0 Å². The van der Waals surface area contributed by atoms with E-state index in [1.807, 2.05) is 0 Å². The van der Waals surface area contributed by atoms with Crippen LogP contribution in [-0.2, 0) is 0 Å². The molecule has 0 saturated carbocycles. The van der Waals surface area contributed by atoms with Crippen LogP contribution in [0.5, 0.6) is 11.5 Å². The fourth-order valence-corrected chi connectivity index (χ4v) is 1.81. The summed E-state index contributed by atoms with van der Waals surface area (Å²) in [5.74, 6) is 0.218. The third-order valence-corrected chi connectivity index (χ3v) is 2.74. The number of hydrogen-bond acceptors (Lipinski definition) is 5. The molecule has 100 valence electrons. The monoisotopic (exact) mass is 263 g/mol. The van der Waals surface area contributed by atoms with Crippen molar-refractivity contribution in [2.24, 2.45) is 0 Å². The van der Waals surface area contributed by atoms with Crippen molar-refractivity contribution < 1.29 is 23.9 Å². The predicted molar refractivity (Wildman–Crippen MR) is 66.7 cm³/mol. The first-order chi connectivity index (χ1) is 9.08. The van der Waals surface area contributed by atoms with Crippen LogP contribution < -0.4 is 9.47 Å². The largest absolute Gasteiger partial charge is 0.497 e. The maximum absolute atomic E-state index is 11.3. The van der Waals surface area contributed by atoms with E-state index in [1.54, 1.807) is 25.1 Å². The molecule has 0 fully saturated rings. The predicted octanol–water partition coefficient (Wildman–Crippen LogP) is 2.37. The summed E-state index contributed by atoms with van der Waals surface area (Å²) >= 11 is 0. The minimum atomic E-state index is -1.10. The highest BCUT2D eigenvalue weighted by molar-refractivity contribution is 5.96. The average Bonchev–Trinajstić information content (AvgIpc) is 2.79. The Morgan fingerprint density at radius 1 is 1.32 bits per heavy atom. The molecule has 1 aromatic heterocycles. The molecule has 1 heterocycles. The molecule has 0 bridgehead atoms. The summed E-state index contributed by atoms with van der Waals surface area (Å²) in [6, 6.07) is 5.06. The Balaban J connectivity index is 2.67. The molecule has 6 heteroatoms. The number of carboxylic acid groups (broad SMARTS) is 1. The van der Waals surface area contributed by atoms with E-state index >= 15 is 0 Å². The fourth-order valence-electron chi connectivity index (χ4n) is 1.81. The molecule has 1 N–H and O–H groups in total. The second kappa shape index (κ2) is 5.01. The van der Waals surface area contributed by atoms with Gasteiger partial charge >= 0.3 is 5.97 Å². The molecule has 1 aromatic carbocycles. The van der Waals surface area contributed by atoms with Gasteiger partial charge in [-0.25, -0.2) is 4.79 Å². The third kappa shape index (κ3) is 2.24. The molecule has 2 rings (SSSR count). The molecule has 2 aromatic rings. The van der Waals surface area contributed by atoms with E-state index in [9.17, 15) is 9.90 Å². The smallest absolute Gasteiger partial charge is 0.341 e. The second-order valence-corrected chi connectivity index (χ2v) is 3.83. The van der Waals surface area contributed by atoms with Crippen molar-refractivity contribution >= 4 is 5.97 Å². The highest BCUT2D eigenvalue weighted by Crippen LogP contribution is 2.35. The number of benzene rings is 1. The first-order valence-corrected chi connectivity index (χ1v) is 5.50. The highest BCUT2D eigenvalue weighted by Gasteiger charge is 2.23. The van der Waals surface area contributed by atoms with Gasteiger partial charge in [-0.15, -0.1) is 0 Å². The molecule has 0 saturated heterocycles. The lowest BCUT2D eigenvalue weighted by Gasteiger charge is -2.08. The van der Waals surface area contributed by atoms with Crippen molar-refractivity contribution in [3.63, 3.8) is 0 Å². The summed E-state index contributed by atoms with van der Waals surface area (Å²) in [5, 5.41) is 13.0. The summed E-state index contributed by atoms with van der Waals surface area (Å²) in [5.41, 5.74) is 0.753. The van der Waals surface area contributed by atoms with E-state index in [0.29, 0.717) is 17.1 Å². The van der Waals surface area contributed by atoms with Gasteiger partial charge in [0.25, 0.3) is 0 Å². The standard InChI is InChI=1S/C13H13NO5/c1-7-11(13(15)16)12(14-19-7)9-6-8(17-2)4-5-10(9)18-3/h4-6H,1-3H3,(H,15,16). The van der Waals surface area contributed by atoms with Gasteiger partial charge in [0, 0.05) is 0 Å².